The lowest BCUT2D eigenvalue weighted by molar-refractivity contribution is -0.384. The molecule has 0 atom stereocenters. The van der Waals surface area contributed by atoms with Crippen LogP contribution in [0.4, 0.5) is 5.69 Å². The van der Waals surface area contributed by atoms with Crippen LogP contribution in [0.15, 0.2) is 36.4 Å². The highest BCUT2D eigenvalue weighted by atomic mass is 35.5. The van der Waals surface area contributed by atoms with Gasteiger partial charge in [0.2, 0.25) is 0 Å². The fourth-order valence-corrected chi connectivity index (χ4v) is 2.53. The number of nitro benzene ring substituents is 1. The molecular weight excluding hydrogens is 238 g/mol. The van der Waals surface area contributed by atoms with Crippen LogP contribution in [0.5, 0.6) is 0 Å². The molecule has 0 bridgehead atoms. The van der Waals surface area contributed by atoms with Crippen LogP contribution in [0.25, 0.3) is 11.1 Å². The van der Waals surface area contributed by atoms with Crippen LogP contribution < -0.4 is 0 Å². The van der Waals surface area contributed by atoms with Crippen LogP contribution in [-0.2, 0) is 6.42 Å². The second-order valence-electron chi connectivity index (χ2n) is 4.04. The monoisotopic (exact) mass is 245 g/mol. The fraction of sp³-hybridized carbons (Fsp3) is 0.0769. The van der Waals surface area contributed by atoms with Gasteiger partial charge in [-0.05, 0) is 34.4 Å². The lowest BCUT2D eigenvalue weighted by atomic mass is 10.1. The molecule has 0 aliphatic heterocycles. The van der Waals surface area contributed by atoms with Crippen molar-refractivity contribution < 1.29 is 4.92 Å². The first-order valence-corrected chi connectivity index (χ1v) is 5.59. The predicted octanol–water partition coefficient (Wildman–Crippen LogP) is 3.82. The van der Waals surface area contributed by atoms with Gasteiger partial charge in [-0.2, -0.15) is 0 Å². The molecule has 0 saturated carbocycles. The van der Waals surface area contributed by atoms with E-state index in [9.17, 15) is 10.1 Å². The Morgan fingerprint density at radius 2 is 2.00 bits per heavy atom. The molecule has 84 valence electrons. The maximum absolute atomic E-state index is 10.7. The van der Waals surface area contributed by atoms with Crippen molar-refractivity contribution in [3.8, 4) is 11.1 Å². The van der Waals surface area contributed by atoms with Gasteiger partial charge in [0.05, 0.1) is 4.92 Å². The minimum Gasteiger partial charge on any atom is -0.258 e. The molecule has 2 aromatic carbocycles. The minimum absolute atomic E-state index is 0.132. The van der Waals surface area contributed by atoms with Crippen LogP contribution in [0.3, 0.4) is 0 Å². The number of hydrogen-bond donors (Lipinski definition) is 0. The Labute approximate surface area is 103 Å². The summed E-state index contributed by atoms with van der Waals surface area (Å²) in [6.45, 7) is 0. The normalized spacial score (nSPS) is 12.1. The van der Waals surface area contributed by atoms with Gasteiger partial charge in [0.1, 0.15) is 0 Å². The molecule has 0 saturated heterocycles. The molecule has 17 heavy (non-hydrogen) atoms. The van der Waals surface area contributed by atoms with Crippen molar-refractivity contribution in [3.63, 3.8) is 0 Å². The van der Waals surface area contributed by atoms with Crippen molar-refractivity contribution in [3.05, 3.63) is 62.7 Å². The molecule has 0 heterocycles. The van der Waals surface area contributed by atoms with Gasteiger partial charge < -0.3 is 0 Å². The van der Waals surface area contributed by atoms with Crippen molar-refractivity contribution >= 4 is 17.3 Å². The predicted molar refractivity (Wildman–Crippen MR) is 66.3 cm³/mol. The van der Waals surface area contributed by atoms with E-state index in [0.717, 1.165) is 27.3 Å². The van der Waals surface area contributed by atoms with Crippen LogP contribution in [0.2, 0.25) is 5.02 Å². The Bertz CT molecular complexity index is 637. The Morgan fingerprint density at radius 1 is 1.18 bits per heavy atom. The summed E-state index contributed by atoms with van der Waals surface area (Å²) in [7, 11) is 0. The molecule has 0 unspecified atom stereocenters. The molecule has 0 aromatic heterocycles. The van der Waals surface area contributed by atoms with E-state index in [0.29, 0.717) is 6.42 Å². The molecule has 0 fully saturated rings. The average Bonchev–Trinajstić information content (AvgIpc) is 2.68. The largest absolute Gasteiger partial charge is 0.269 e. The zero-order valence-corrected chi connectivity index (χ0v) is 9.57. The van der Waals surface area contributed by atoms with E-state index >= 15 is 0 Å². The Kier molecular flexibility index (Phi) is 2.16. The Hall–Kier alpha value is -1.87. The van der Waals surface area contributed by atoms with Crippen molar-refractivity contribution in [1.82, 2.24) is 0 Å². The lowest BCUT2D eigenvalue weighted by Gasteiger charge is -2.01. The highest BCUT2D eigenvalue weighted by Gasteiger charge is 2.22. The average molecular weight is 246 g/mol. The smallest absolute Gasteiger partial charge is 0.258 e. The summed E-state index contributed by atoms with van der Waals surface area (Å²) in [5.74, 6) is 0. The Morgan fingerprint density at radius 3 is 2.76 bits per heavy atom. The van der Waals surface area contributed by atoms with Crippen molar-refractivity contribution in [1.29, 1.82) is 0 Å². The van der Waals surface area contributed by atoms with Gasteiger partial charge in [-0.15, -0.1) is 0 Å². The van der Waals surface area contributed by atoms with Crippen molar-refractivity contribution in [2.75, 3.05) is 0 Å². The van der Waals surface area contributed by atoms with E-state index in [1.54, 1.807) is 12.1 Å². The number of non-ortho nitro benzene ring substituents is 1. The SMILES string of the molecule is O=[N+]([O-])c1ccc2c(c1)Cc1c(Cl)cccc1-2. The zero-order valence-electron chi connectivity index (χ0n) is 8.81. The molecule has 3 nitrogen and oxygen atoms in total. The second kappa shape index (κ2) is 3.57. The molecule has 1 aliphatic rings. The van der Waals surface area contributed by atoms with E-state index in [1.807, 2.05) is 18.2 Å². The highest BCUT2D eigenvalue weighted by Crippen LogP contribution is 2.41. The molecule has 0 spiro atoms. The third-order valence-electron chi connectivity index (χ3n) is 3.08. The summed E-state index contributed by atoms with van der Waals surface area (Å²) in [5, 5.41) is 11.4. The molecule has 0 N–H and O–H groups in total. The minimum atomic E-state index is -0.370. The number of hydrogen-bond acceptors (Lipinski definition) is 2. The van der Waals surface area contributed by atoms with Gasteiger partial charge in [0.25, 0.3) is 5.69 Å². The first kappa shape index (κ1) is 10.3. The highest BCUT2D eigenvalue weighted by molar-refractivity contribution is 6.32. The molecule has 2 aromatic rings. The molecule has 1 aliphatic carbocycles. The quantitative estimate of drug-likeness (QED) is 0.483. The van der Waals surface area contributed by atoms with Crippen LogP contribution in [-0.4, -0.2) is 4.92 Å². The van der Waals surface area contributed by atoms with E-state index in [4.69, 9.17) is 11.6 Å². The third-order valence-corrected chi connectivity index (χ3v) is 3.43. The lowest BCUT2D eigenvalue weighted by Crippen LogP contribution is -1.89. The number of fused-ring (bicyclic) bond motifs is 3. The Balaban J connectivity index is 2.19. The number of nitro groups is 1. The van der Waals surface area contributed by atoms with Gasteiger partial charge in [0.15, 0.2) is 0 Å². The van der Waals surface area contributed by atoms with Crippen molar-refractivity contribution in [2.45, 2.75) is 6.42 Å². The first-order chi connectivity index (χ1) is 8.16. The molecule has 0 amide bonds. The molecular formula is C13H8ClNO2. The summed E-state index contributed by atoms with van der Waals surface area (Å²) in [6.07, 6.45) is 0.673. The standard InChI is InChI=1S/C13H8ClNO2/c14-13-3-1-2-11-10-5-4-9(15(16)17)6-8(10)7-12(11)13/h1-6H,7H2. The number of benzene rings is 2. The third kappa shape index (κ3) is 1.51. The summed E-state index contributed by atoms with van der Waals surface area (Å²) in [6, 6.07) is 10.7. The van der Waals surface area contributed by atoms with Crippen LogP contribution in [0.1, 0.15) is 11.1 Å². The van der Waals surface area contributed by atoms with Gasteiger partial charge in [-0.1, -0.05) is 23.7 Å². The summed E-state index contributed by atoms with van der Waals surface area (Å²) >= 11 is 6.13. The van der Waals surface area contributed by atoms with E-state index in [2.05, 4.69) is 0 Å². The summed E-state index contributed by atoms with van der Waals surface area (Å²) in [4.78, 5) is 10.3. The maximum atomic E-state index is 10.7. The zero-order chi connectivity index (χ0) is 12.0. The molecule has 3 rings (SSSR count). The van der Waals surface area contributed by atoms with Gasteiger partial charge in [-0.3, -0.25) is 10.1 Å². The second-order valence-corrected chi connectivity index (χ2v) is 4.45. The summed E-state index contributed by atoms with van der Waals surface area (Å²) in [5.41, 5.74) is 4.30. The van der Waals surface area contributed by atoms with E-state index in [-0.39, 0.29) is 10.6 Å². The molecule has 0 radical (unpaired) electrons. The van der Waals surface area contributed by atoms with Crippen molar-refractivity contribution in [2.24, 2.45) is 0 Å². The van der Waals surface area contributed by atoms with Gasteiger partial charge in [0, 0.05) is 23.6 Å². The first-order valence-electron chi connectivity index (χ1n) is 5.22. The molecule has 4 heteroatoms. The van der Waals surface area contributed by atoms with Crippen LogP contribution in [0, 0.1) is 10.1 Å². The number of rotatable bonds is 1. The van der Waals surface area contributed by atoms with Gasteiger partial charge >= 0.3 is 0 Å². The van der Waals surface area contributed by atoms with Gasteiger partial charge in [-0.25, -0.2) is 0 Å². The maximum Gasteiger partial charge on any atom is 0.269 e. The topological polar surface area (TPSA) is 43.1 Å². The number of halogens is 1. The van der Waals surface area contributed by atoms with E-state index < -0.39 is 0 Å². The van der Waals surface area contributed by atoms with Crippen LogP contribution >= 0.6 is 11.6 Å². The fourth-order valence-electron chi connectivity index (χ4n) is 2.28. The van der Waals surface area contributed by atoms with E-state index in [1.165, 1.54) is 6.07 Å². The number of nitrogens with zero attached hydrogens (tertiary/aromatic N) is 1. The summed E-state index contributed by atoms with van der Waals surface area (Å²) < 4.78 is 0.